The number of amides is 1. The first-order valence-electron chi connectivity index (χ1n) is 9.59. The van der Waals surface area contributed by atoms with Crippen LogP contribution < -0.4 is 9.47 Å². The number of nitrogens with one attached hydrogen (secondary N) is 1. The molecule has 9 heteroatoms. The molecule has 1 aromatic heterocycles. The number of phenols is 1. The predicted octanol–water partition coefficient (Wildman–Crippen LogP) is 3.64. The van der Waals surface area contributed by atoms with Crippen molar-refractivity contribution in [1.82, 2.24) is 15.1 Å². The van der Waals surface area contributed by atoms with Gasteiger partial charge in [0.15, 0.2) is 11.5 Å². The van der Waals surface area contributed by atoms with Gasteiger partial charge in [-0.3, -0.25) is 9.89 Å². The molecule has 0 radical (unpaired) electrons. The lowest BCUT2D eigenvalue weighted by atomic mass is 9.95. The Labute approximate surface area is 184 Å². The van der Waals surface area contributed by atoms with E-state index in [0.717, 1.165) is 11.1 Å². The van der Waals surface area contributed by atoms with E-state index in [0.29, 0.717) is 35.1 Å². The summed E-state index contributed by atoms with van der Waals surface area (Å²) in [6.07, 6.45) is 0. The molecule has 0 saturated carbocycles. The van der Waals surface area contributed by atoms with E-state index in [9.17, 15) is 9.90 Å². The van der Waals surface area contributed by atoms with Gasteiger partial charge in [0.1, 0.15) is 5.69 Å². The molecular weight excluding hydrogens is 422 g/mol. The van der Waals surface area contributed by atoms with E-state index in [1.165, 1.54) is 14.2 Å². The molecule has 0 bridgehead atoms. The van der Waals surface area contributed by atoms with E-state index in [1.807, 2.05) is 12.1 Å². The average molecular weight is 444 g/mol. The van der Waals surface area contributed by atoms with Gasteiger partial charge >= 0.3 is 0 Å². The molecule has 1 amide bonds. The van der Waals surface area contributed by atoms with Crippen molar-refractivity contribution in [2.45, 2.75) is 6.04 Å². The number of aromatic nitrogens is 2. The van der Waals surface area contributed by atoms with Gasteiger partial charge in [-0.1, -0.05) is 23.7 Å². The molecule has 2 N–H and O–H groups in total. The number of rotatable bonds is 7. The topological polar surface area (TPSA) is 96.9 Å². The number of aromatic hydroxyl groups is 1. The normalized spacial score (nSPS) is 15.3. The fourth-order valence-electron chi connectivity index (χ4n) is 3.86. The van der Waals surface area contributed by atoms with Crippen LogP contribution in [0.1, 0.15) is 27.7 Å². The van der Waals surface area contributed by atoms with Gasteiger partial charge in [0.2, 0.25) is 5.75 Å². The maximum Gasteiger partial charge on any atom is 0.273 e. The van der Waals surface area contributed by atoms with E-state index in [1.54, 1.807) is 36.3 Å². The lowest BCUT2D eigenvalue weighted by Crippen LogP contribution is -2.32. The number of benzene rings is 2. The lowest BCUT2D eigenvalue weighted by Gasteiger charge is -2.27. The summed E-state index contributed by atoms with van der Waals surface area (Å²) < 4.78 is 15.9. The molecule has 3 aromatic rings. The molecular formula is C22H22ClN3O5. The Morgan fingerprint density at radius 3 is 2.35 bits per heavy atom. The Morgan fingerprint density at radius 1 is 1.13 bits per heavy atom. The van der Waals surface area contributed by atoms with Crippen LogP contribution in [0.4, 0.5) is 0 Å². The largest absolute Gasteiger partial charge is 0.502 e. The minimum atomic E-state index is -0.481. The fourth-order valence-corrected chi connectivity index (χ4v) is 3.99. The molecule has 162 valence electrons. The van der Waals surface area contributed by atoms with E-state index in [4.69, 9.17) is 25.8 Å². The number of ether oxygens (including phenoxy) is 3. The van der Waals surface area contributed by atoms with Crippen LogP contribution in [0.3, 0.4) is 0 Å². The Hall–Kier alpha value is -3.23. The average Bonchev–Trinajstić information content (AvgIpc) is 3.32. The predicted molar refractivity (Wildman–Crippen MR) is 115 cm³/mol. The Balaban J connectivity index is 1.91. The molecule has 2 aromatic carbocycles. The van der Waals surface area contributed by atoms with Gasteiger partial charge in [0, 0.05) is 29.8 Å². The summed E-state index contributed by atoms with van der Waals surface area (Å²) in [6.45, 7) is 0.733. The number of methoxy groups -OCH3 is 3. The van der Waals surface area contributed by atoms with E-state index in [2.05, 4.69) is 10.2 Å². The first-order chi connectivity index (χ1) is 15.0. The van der Waals surface area contributed by atoms with E-state index < -0.39 is 6.04 Å². The number of hydrogen-bond acceptors (Lipinski definition) is 6. The quantitative estimate of drug-likeness (QED) is 0.578. The van der Waals surface area contributed by atoms with Gasteiger partial charge in [-0.05, 0) is 29.8 Å². The number of nitrogens with zero attached hydrogens (tertiary/aromatic N) is 2. The van der Waals surface area contributed by atoms with Crippen molar-refractivity contribution in [3.05, 3.63) is 58.2 Å². The maximum absolute atomic E-state index is 13.2. The second-order valence-electron chi connectivity index (χ2n) is 7.04. The smallest absolute Gasteiger partial charge is 0.273 e. The monoisotopic (exact) mass is 443 g/mol. The van der Waals surface area contributed by atoms with Crippen LogP contribution in [0.25, 0.3) is 11.3 Å². The van der Waals surface area contributed by atoms with Crippen molar-refractivity contribution in [1.29, 1.82) is 0 Å². The zero-order valence-electron chi connectivity index (χ0n) is 17.3. The summed E-state index contributed by atoms with van der Waals surface area (Å²) in [5.41, 5.74) is 3.34. The minimum Gasteiger partial charge on any atom is -0.502 e. The number of carbonyl (C=O) groups excluding carboxylic acids is 1. The highest BCUT2D eigenvalue weighted by molar-refractivity contribution is 6.30. The second kappa shape index (κ2) is 8.49. The number of halogens is 1. The molecule has 2 heterocycles. The molecule has 0 saturated heterocycles. The molecule has 0 spiro atoms. The summed E-state index contributed by atoms with van der Waals surface area (Å²) in [5.74, 6) is 0.208. The fraction of sp³-hybridized carbons (Fsp3) is 0.273. The van der Waals surface area contributed by atoms with Crippen LogP contribution >= 0.6 is 11.6 Å². The third kappa shape index (κ3) is 3.58. The first-order valence-corrected chi connectivity index (χ1v) is 9.97. The molecule has 4 rings (SSSR count). The van der Waals surface area contributed by atoms with E-state index in [-0.39, 0.29) is 23.2 Å². The van der Waals surface area contributed by atoms with Gasteiger partial charge in [0.25, 0.3) is 5.91 Å². The summed E-state index contributed by atoms with van der Waals surface area (Å²) in [6, 6.07) is 10.2. The third-order valence-electron chi connectivity index (χ3n) is 5.34. The summed E-state index contributed by atoms with van der Waals surface area (Å²) >= 11 is 6.04. The van der Waals surface area contributed by atoms with Crippen LogP contribution in [-0.4, -0.2) is 60.6 Å². The van der Waals surface area contributed by atoms with Crippen molar-refractivity contribution in [2.75, 3.05) is 34.5 Å². The van der Waals surface area contributed by atoms with Gasteiger partial charge in [-0.15, -0.1) is 0 Å². The SMILES string of the molecule is COCCN1C(=O)c2[nH]nc(-c3ccc(Cl)cc3)c2C1c1cc(OC)c(O)c(OC)c1. The molecule has 1 aliphatic heterocycles. The zero-order valence-corrected chi connectivity index (χ0v) is 18.1. The highest BCUT2D eigenvalue weighted by Crippen LogP contribution is 2.46. The van der Waals surface area contributed by atoms with Gasteiger partial charge in [-0.2, -0.15) is 5.10 Å². The molecule has 1 atom stereocenters. The van der Waals surface area contributed by atoms with Gasteiger partial charge in [0.05, 0.1) is 32.6 Å². The minimum absolute atomic E-state index is 0.105. The standard InChI is InChI=1S/C22H22ClN3O5/c1-29-9-8-26-20(13-10-15(30-2)21(27)16(11-13)31-3)17-18(24-25-19(17)22(26)28)12-4-6-14(23)7-5-12/h4-7,10-11,20,27H,8-9H2,1-3H3,(H,24,25). The molecule has 0 aliphatic carbocycles. The van der Waals surface area contributed by atoms with Crippen LogP contribution in [0, 0.1) is 0 Å². The van der Waals surface area contributed by atoms with Crippen molar-refractivity contribution in [3.63, 3.8) is 0 Å². The first kappa shape index (κ1) is 21.0. The number of H-pyrrole nitrogens is 1. The van der Waals surface area contributed by atoms with Crippen LogP contribution in [0.2, 0.25) is 5.02 Å². The third-order valence-corrected chi connectivity index (χ3v) is 5.59. The Morgan fingerprint density at radius 2 is 1.77 bits per heavy atom. The number of hydrogen-bond donors (Lipinski definition) is 2. The Bertz CT molecular complexity index is 1090. The highest BCUT2D eigenvalue weighted by atomic mass is 35.5. The molecule has 0 fully saturated rings. The highest BCUT2D eigenvalue weighted by Gasteiger charge is 2.42. The molecule has 8 nitrogen and oxygen atoms in total. The Kier molecular flexibility index (Phi) is 5.75. The van der Waals surface area contributed by atoms with Gasteiger partial charge < -0.3 is 24.2 Å². The summed E-state index contributed by atoms with van der Waals surface area (Å²) in [4.78, 5) is 14.9. The number of fused-ring (bicyclic) bond motifs is 1. The van der Waals surface area contributed by atoms with Gasteiger partial charge in [-0.25, -0.2) is 0 Å². The van der Waals surface area contributed by atoms with Crippen molar-refractivity contribution < 1.29 is 24.1 Å². The molecule has 1 aliphatic rings. The van der Waals surface area contributed by atoms with Crippen LogP contribution in [0.15, 0.2) is 36.4 Å². The van der Waals surface area contributed by atoms with Crippen LogP contribution in [0.5, 0.6) is 17.2 Å². The summed E-state index contributed by atoms with van der Waals surface area (Å²) in [5, 5.41) is 18.3. The summed E-state index contributed by atoms with van der Waals surface area (Å²) in [7, 11) is 4.51. The van der Waals surface area contributed by atoms with Crippen molar-refractivity contribution >= 4 is 17.5 Å². The number of phenolic OH excluding ortho intramolecular Hbond substituents is 1. The van der Waals surface area contributed by atoms with Crippen molar-refractivity contribution in [3.8, 4) is 28.5 Å². The molecule has 31 heavy (non-hydrogen) atoms. The number of carbonyl (C=O) groups is 1. The second-order valence-corrected chi connectivity index (χ2v) is 7.47. The number of aromatic amines is 1. The molecule has 1 unspecified atom stereocenters. The maximum atomic E-state index is 13.2. The lowest BCUT2D eigenvalue weighted by molar-refractivity contribution is 0.0677. The zero-order chi connectivity index (χ0) is 22.1. The van der Waals surface area contributed by atoms with Crippen molar-refractivity contribution in [2.24, 2.45) is 0 Å². The van der Waals surface area contributed by atoms with E-state index >= 15 is 0 Å². The van der Waals surface area contributed by atoms with Crippen LogP contribution in [-0.2, 0) is 4.74 Å².